The number of carbonyl (C=O) groups excluding carboxylic acids is 1. The molecular weight excluding hydrogens is 314 g/mol. The number of carboxylic acid groups (broad SMARTS) is 1. The number of ether oxygens (including phenoxy) is 1. The van der Waals surface area contributed by atoms with Crippen molar-refractivity contribution in [3.8, 4) is 0 Å². The third kappa shape index (κ3) is 3.04. The molecule has 0 aliphatic heterocycles. The van der Waals surface area contributed by atoms with Crippen molar-refractivity contribution in [2.75, 3.05) is 7.11 Å². The molecule has 0 heterocycles. The number of halogens is 3. The molecule has 1 rings (SSSR count). The van der Waals surface area contributed by atoms with Gasteiger partial charge in [0.2, 0.25) is 0 Å². The van der Waals surface area contributed by atoms with Crippen LogP contribution in [0.25, 0.3) is 0 Å². The van der Waals surface area contributed by atoms with Gasteiger partial charge in [0, 0.05) is 12.0 Å². The lowest BCUT2D eigenvalue weighted by atomic mass is 9.98. The number of aliphatic carboxylic acids is 1. The number of carbonyl (C=O) groups is 2. The number of hydrogen-bond acceptors (Lipinski definition) is 3. The van der Waals surface area contributed by atoms with Crippen LogP contribution in [0.3, 0.4) is 0 Å². The highest BCUT2D eigenvalue weighted by atomic mass is 79.9. The Morgan fingerprint density at radius 2 is 2.06 bits per heavy atom. The largest absolute Gasteiger partial charge is 0.481 e. The lowest BCUT2D eigenvalue weighted by molar-refractivity contribution is -0.156. The van der Waals surface area contributed by atoms with Crippen molar-refractivity contribution >= 4 is 27.9 Å². The Kier molecular flexibility index (Phi) is 4.77. The zero-order valence-electron chi connectivity index (χ0n) is 9.25. The van der Waals surface area contributed by atoms with Crippen molar-refractivity contribution in [3.63, 3.8) is 0 Å². The fourth-order valence-corrected chi connectivity index (χ4v) is 1.75. The van der Waals surface area contributed by atoms with Crippen LogP contribution in [0.5, 0.6) is 0 Å². The van der Waals surface area contributed by atoms with Crippen molar-refractivity contribution in [3.05, 3.63) is 33.8 Å². The predicted octanol–water partition coefficient (Wildman–Crippen LogP) is 2.14. The molecule has 1 atom stereocenters. The van der Waals surface area contributed by atoms with Gasteiger partial charge in [-0.2, -0.15) is 0 Å². The third-order valence-corrected chi connectivity index (χ3v) is 2.94. The summed E-state index contributed by atoms with van der Waals surface area (Å²) in [5.74, 6) is -6.04. The normalized spacial score (nSPS) is 12.0. The van der Waals surface area contributed by atoms with Crippen molar-refractivity contribution in [1.82, 2.24) is 0 Å². The van der Waals surface area contributed by atoms with Crippen LogP contribution in [0.2, 0.25) is 0 Å². The van der Waals surface area contributed by atoms with E-state index in [0.717, 1.165) is 19.2 Å². The van der Waals surface area contributed by atoms with Crippen LogP contribution in [0.1, 0.15) is 5.56 Å². The topological polar surface area (TPSA) is 63.6 Å². The van der Waals surface area contributed by atoms with Crippen molar-refractivity contribution < 1.29 is 28.2 Å². The highest BCUT2D eigenvalue weighted by Gasteiger charge is 2.30. The maximum absolute atomic E-state index is 13.6. The fourth-order valence-electron chi connectivity index (χ4n) is 1.37. The highest BCUT2D eigenvalue weighted by Crippen LogP contribution is 2.24. The standard InChI is InChI=1S/C11H9BrF2O4/c1-18-11(17)6(10(15)16)4-5-8(13)3-2-7(12)9(5)14/h2-3,6H,4H2,1H3,(H,15,16). The maximum Gasteiger partial charge on any atom is 0.320 e. The molecule has 0 saturated carbocycles. The zero-order chi connectivity index (χ0) is 13.9. The molecule has 0 spiro atoms. The van der Waals surface area contributed by atoms with Gasteiger partial charge < -0.3 is 9.84 Å². The fraction of sp³-hybridized carbons (Fsp3) is 0.273. The molecule has 0 radical (unpaired) electrons. The van der Waals surface area contributed by atoms with E-state index in [1.54, 1.807) is 0 Å². The van der Waals surface area contributed by atoms with Gasteiger partial charge in [-0.3, -0.25) is 9.59 Å². The minimum absolute atomic E-state index is 0.00657. The molecule has 0 amide bonds. The average Bonchev–Trinajstić information content (AvgIpc) is 2.33. The molecule has 0 aliphatic rings. The van der Waals surface area contributed by atoms with Gasteiger partial charge in [0.25, 0.3) is 0 Å². The molecule has 1 unspecified atom stereocenters. The van der Waals surface area contributed by atoms with Gasteiger partial charge >= 0.3 is 11.9 Å². The van der Waals surface area contributed by atoms with Crippen molar-refractivity contribution in [1.29, 1.82) is 0 Å². The summed E-state index contributed by atoms with van der Waals surface area (Å²) < 4.78 is 31.3. The predicted molar refractivity (Wildman–Crippen MR) is 60.9 cm³/mol. The molecule has 0 aromatic heterocycles. The van der Waals surface area contributed by atoms with E-state index >= 15 is 0 Å². The lowest BCUT2D eigenvalue weighted by Crippen LogP contribution is -2.27. The van der Waals surface area contributed by atoms with E-state index in [2.05, 4.69) is 20.7 Å². The summed E-state index contributed by atoms with van der Waals surface area (Å²) in [6, 6.07) is 2.14. The summed E-state index contributed by atoms with van der Waals surface area (Å²) >= 11 is 2.86. The SMILES string of the molecule is COC(=O)C(Cc1c(F)ccc(Br)c1F)C(=O)O. The second kappa shape index (κ2) is 5.90. The van der Waals surface area contributed by atoms with Gasteiger partial charge in [0.05, 0.1) is 11.6 Å². The minimum atomic E-state index is -1.65. The van der Waals surface area contributed by atoms with Gasteiger partial charge in [-0.1, -0.05) is 0 Å². The molecule has 0 fully saturated rings. The van der Waals surface area contributed by atoms with Crippen LogP contribution < -0.4 is 0 Å². The second-order valence-corrected chi connectivity index (χ2v) is 4.29. The van der Waals surface area contributed by atoms with E-state index in [1.807, 2.05) is 0 Å². The summed E-state index contributed by atoms with van der Waals surface area (Å²) in [6.07, 6.45) is -0.612. The first-order valence-electron chi connectivity index (χ1n) is 4.81. The number of rotatable bonds is 4. The van der Waals surface area contributed by atoms with Crippen molar-refractivity contribution in [2.45, 2.75) is 6.42 Å². The Morgan fingerprint density at radius 1 is 1.44 bits per heavy atom. The molecular formula is C11H9BrF2O4. The summed E-state index contributed by atoms with van der Waals surface area (Å²) in [6.45, 7) is 0. The molecule has 0 saturated heterocycles. The van der Waals surface area contributed by atoms with Crippen LogP contribution in [-0.4, -0.2) is 24.2 Å². The summed E-state index contributed by atoms with van der Waals surface area (Å²) in [5.41, 5.74) is -0.470. The van der Waals surface area contributed by atoms with E-state index < -0.39 is 41.5 Å². The summed E-state index contributed by atoms with van der Waals surface area (Å²) in [5, 5.41) is 8.83. The van der Waals surface area contributed by atoms with Crippen LogP contribution in [-0.2, 0) is 20.7 Å². The highest BCUT2D eigenvalue weighted by molar-refractivity contribution is 9.10. The number of carboxylic acids is 1. The molecule has 1 aromatic rings. The molecule has 0 bridgehead atoms. The number of benzene rings is 1. The summed E-state index contributed by atoms with van der Waals surface area (Å²) in [4.78, 5) is 22.1. The molecule has 0 aliphatic carbocycles. The number of methoxy groups -OCH3 is 1. The average molecular weight is 323 g/mol. The molecule has 1 N–H and O–H groups in total. The van der Waals surface area contributed by atoms with Gasteiger partial charge in [0.15, 0.2) is 5.92 Å². The van der Waals surface area contributed by atoms with Gasteiger partial charge in [-0.25, -0.2) is 8.78 Å². The second-order valence-electron chi connectivity index (χ2n) is 3.44. The quantitative estimate of drug-likeness (QED) is 0.524. The first-order chi connectivity index (χ1) is 8.38. The Bertz CT molecular complexity index is 490. The smallest absolute Gasteiger partial charge is 0.320 e. The molecule has 7 heteroatoms. The van der Waals surface area contributed by atoms with Gasteiger partial charge in [0.1, 0.15) is 11.6 Å². The molecule has 18 heavy (non-hydrogen) atoms. The number of hydrogen-bond donors (Lipinski definition) is 1. The Hall–Kier alpha value is -1.50. The minimum Gasteiger partial charge on any atom is -0.481 e. The number of esters is 1. The maximum atomic E-state index is 13.6. The molecule has 1 aromatic carbocycles. The van der Waals surface area contributed by atoms with Crippen LogP contribution in [0.4, 0.5) is 8.78 Å². The Balaban J connectivity index is 3.12. The van der Waals surface area contributed by atoms with Gasteiger partial charge in [-0.05, 0) is 28.1 Å². The lowest BCUT2D eigenvalue weighted by Gasteiger charge is -2.12. The van der Waals surface area contributed by atoms with Crippen LogP contribution in [0, 0.1) is 17.6 Å². The monoisotopic (exact) mass is 322 g/mol. The van der Waals surface area contributed by atoms with Crippen LogP contribution >= 0.6 is 15.9 Å². The zero-order valence-corrected chi connectivity index (χ0v) is 10.8. The van der Waals surface area contributed by atoms with E-state index in [4.69, 9.17) is 5.11 Å². The van der Waals surface area contributed by atoms with E-state index in [9.17, 15) is 18.4 Å². The third-order valence-electron chi connectivity index (χ3n) is 2.33. The first kappa shape index (κ1) is 14.6. The summed E-state index contributed by atoms with van der Waals surface area (Å²) in [7, 11) is 1.01. The van der Waals surface area contributed by atoms with E-state index in [-0.39, 0.29) is 4.47 Å². The van der Waals surface area contributed by atoms with Crippen molar-refractivity contribution in [2.24, 2.45) is 5.92 Å². The molecule has 98 valence electrons. The molecule has 4 nitrogen and oxygen atoms in total. The van der Waals surface area contributed by atoms with Gasteiger partial charge in [-0.15, -0.1) is 0 Å². The first-order valence-corrected chi connectivity index (χ1v) is 5.60. The Morgan fingerprint density at radius 3 is 2.56 bits per heavy atom. The van der Waals surface area contributed by atoms with E-state index in [0.29, 0.717) is 0 Å². The van der Waals surface area contributed by atoms with E-state index in [1.165, 1.54) is 0 Å². The Labute approximate surface area is 110 Å². The van der Waals surface area contributed by atoms with Crippen LogP contribution in [0.15, 0.2) is 16.6 Å².